The Kier molecular flexibility index (Phi) is 5.33. The summed E-state index contributed by atoms with van der Waals surface area (Å²) in [6.07, 6.45) is 0.899. The first-order valence-electron chi connectivity index (χ1n) is 11.6. The molecule has 2 aliphatic heterocycles. The second kappa shape index (κ2) is 8.79. The van der Waals surface area contributed by atoms with E-state index in [-0.39, 0.29) is 18.4 Å². The number of carbonyl (C=O) groups excluding carboxylic acids is 2. The van der Waals surface area contributed by atoms with E-state index in [4.69, 9.17) is 13.9 Å². The average Bonchev–Trinajstić information content (AvgIpc) is 3.47. The molecule has 2 aliphatic rings. The first kappa shape index (κ1) is 21.2. The Balaban J connectivity index is 1.18. The van der Waals surface area contributed by atoms with E-state index in [2.05, 4.69) is 4.98 Å². The zero-order valence-electron chi connectivity index (χ0n) is 18.9. The summed E-state index contributed by atoms with van der Waals surface area (Å²) < 4.78 is 17.1. The predicted molar refractivity (Wildman–Crippen MR) is 128 cm³/mol. The number of hydrogen-bond donors (Lipinski definition) is 0. The molecule has 0 N–H and O–H groups in total. The summed E-state index contributed by atoms with van der Waals surface area (Å²) in [5, 5.41) is 0.790. The van der Waals surface area contributed by atoms with E-state index in [0.717, 1.165) is 10.9 Å². The van der Waals surface area contributed by atoms with Crippen molar-refractivity contribution >= 4 is 22.7 Å². The molecule has 8 nitrogen and oxygen atoms in total. The van der Waals surface area contributed by atoms with E-state index in [1.165, 1.54) is 0 Å². The molecule has 0 bridgehead atoms. The first-order chi connectivity index (χ1) is 17.2. The van der Waals surface area contributed by atoms with Gasteiger partial charge in [0.25, 0.3) is 11.8 Å². The second-order valence-electron chi connectivity index (χ2n) is 8.53. The fraction of sp³-hybridized carbons (Fsp3) is 0.222. The summed E-state index contributed by atoms with van der Waals surface area (Å²) in [6, 6.07) is 20.3. The lowest BCUT2D eigenvalue weighted by molar-refractivity contribution is -0.142. The highest BCUT2D eigenvalue weighted by Gasteiger charge is 2.34. The number of piperazine rings is 1. The summed E-state index contributed by atoms with van der Waals surface area (Å²) in [7, 11) is 0. The van der Waals surface area contributed by atoms with Crippen LogP contribution >= 0.6 is 0 Å². The van der Waals surface area contributed by atoms with E-state index in [1.54, 1.807) is 34.3 Å². The Morgan fingerprint density at radius 3 is 2.40 bits per heavy atom. The molecule has 0 radical (unpaired) electrons. The van der Waals surface area contributed by atoms with Crippen LogP contribution in [0.5, 0.6) is 11.5 Å². The fourth-order valence-corrected chi connectivity index (χ4v) is 4.55. The van der Waals surface area contributed by atoms with E-state index < -0.39 is 6.10 Å². The summed E-state index contributed by atoms with van der Waals surface area (Å²) in [6.45, 7) is 1.90. The number of pyridine rings is 1. The third-order valence-corrected chi connectivity index (χ3v) is 6.38. The van der Waals surface area contributed by atoms with Gasteiger partial charge in [0.2, 0.25) is 6.10 Å². The number of benzene rings is 2. The number of hydrogen-bond acceptors (Lipinski definition) is 6. The van der Waals surface area contributed by atoms with E-state index in [9.17, 15) is 9.59 Å². The maximum atomic E-state index is 13.6. The zero-order chi connectivity index (χ0) is 23.8. The van der Waals surface area contributed by atoms with Crippen LogP contribution in [-0.4, -0.2) is 65.5 Å². The minimum atomic E-state index is -0.688. The summed E-state index contributed by atoms with van der Waals surface area (Å²) in [5.74, 6) is 1.61. The molecule has 1 fully saturated rings. The molecule has 6 rings (SSSR count). The Morgan fingerprint density at radius 2 is 1.60 bits per heavy atom. The van der Waals surface area contributed by atoms with Crippen molar-refractivity contribution in [3.8, 4) is 23.0 Å². The normalized spacial score (nSPS) is 17.4. The molecule has 2 aromatic heterocycles. The van der Waals surface area contributed by atoms with Crippen LogP contribution in [0.3, 0.4) is 0 Å². The van der Waals surface area contributed by atoms with Gasteiger partial charge in [-0.1, -0.05) is 30.3 Å². The molecule has 1 atom stereocenters. The van der Waals surface area contributed by atoms with Crippen LogP contribution in [-0.2, 0) is 4.79 Å². The van der Waals surface area contributed by atoms with Crippen molar-refractivity contribution in [3.63, 3.8) is 0 Å². The highest BCUT2D eigenvalue weighted by molar-refractivity contribution is 6.07. The third-order valence-electron chi connectivity index (χ3n) is 6.38. The standard InChI is InChI=1S/C27H23N3O5/c31-26(19-16-21(22-10-5-15-33-22)28-20-7-2-1-6-18(19)20)29-11-13-30(14-12-29)27(32)25-17-34-23-8-3-4-9-24(23)35-25/h1-10,15-16,25H,11-14,17H2/t25-/m1/s1. The fourth-order valence-electron chi connectivity index (χ4n) is 4.55. The van der Waals surface area contributed by atoms with Gasteiger partial charge >= 0.3 is 0 Å². The maximum Gasteiger partial charge on any atom is 0.267 e. The van der Waals surface area contributed by atoms with Crippen LogP contribution in [0.2, 0.25) is 0 Å². The molecule has 0 unspecified atom stereocenters. The number of fused-ring (bicyclic) bond motifs is 2. The summed E-state index contributed by atoms with van der Waals surface area (Å²) >= 11 is 0. The molecule has 2 aromatic carbocycles. The van der Waals surface area contributed by atoms with Crippen LogP contribution in [0.25, 0.3) is 22.4 Å². The lowest BCUT2D eigenvalue weighted by atomic mass is 10.0. The van der Waals surface area contributed by atoms with Crippen LogP contribution < -0.4 is 9.47 Å². The molecule has 35 heavy (non-hydrogen) atoms. The van der Waals surface area contributed by atoms with Crippen LogP contribution in [0.15, 0.2) is 77.4 Å². The number of nitrogens with zero attached hydrogens (tertiary/aromatic N) is 3. The van der Waals surface area contributed by atoms with Crippen molar-refractivity contribution in [2.45, 2.75) is 6.10 Å². The number of aromatic nitrogens is 1. The topological polar surface area (TPSA) is 85.1 Å². The van der Waals surface area contributed by atoms with Gasteiger partial charge in [-0.25, -0.2) is 4.98 Å². The molecule has 1 saturated heterocycles. The van der Waals surface area contributed by atoms with Crippen molar-refractivity contribution in [1.82, 2.24) is 14.8 Å². The lowest BCUT2D eigenvalue weighted by Crippen LogP contribution is -2.55. The second-order valence-corrected chi connectivity index (χ2v) is 8.53. The molecule has 0 aliphatic carbocycles. The molecule has 8 heteroatoms. The van der Waals surface area contributed by atoms with Crippen LogP contribution in [0.4, 0.5) is 0 Å². The number of amides is 2. The Morgan fingerprint density at radius 1 is 0.857 bits per heavy atom. The number of para-hydroxylation sites is 3. The molecule has 0 saturated carbocycles. The molecule has 176 valence electrons. The van der Waals surface area contributed by atoms with E-state index >= 15 is 0 Å². The van der Waals surface area contributed by atoms with Crippen molar-refractivity contribution in [3.05, 3.63) is 78.6 Å². The third kappa shape index (κ3) is 3.97. The Labute approximate surface area is 201 Å². The largest absolute Gasteiger partial charge is 0.485 e. The number of furan rings is 1. The van der Waals surface area contributed by atoms with Gasteiger partial charge in [-0.3, -0.25) is 9.59 Å². The molecule has 4 heterocycles. The maximum absolute atomic E-state index is 13.6. The van der Waals surface area contributed by atoms with Gasteiger partial charge in [-0.2, -0.15) is 0 Å². The van der Waals surface area contributed by atoms with Gasteiger partial charge in [0.05, 0.1) is 17.3 Å². The minimum absolute atomic E-state index is 0.0883. The van der Waals surface area contributed by atoms with Gasteiger partial charge in [0.1, 0.15) is 12.3 Å². The molecular formula is C27H23N3O5. The van der Waals surface area contributed by atoms with E-state index in [0.29, 0.717) is 54.7 Å². The highest BCUT2D eigenvalue weighted by Crippen LogP contribution is 2.31. The van der Waals surface area contributed by atoms with Crippen LogP contribution in [0.1, 0.15) is 10.4 Å². The minimum Gasteiger partial charge on any atom is -0.485 e. The summed E-state index contributed by atoms with van der Waals surface area (Å²) in [4.78, 5) is 34.8. The van der Waals surface area contributed by atoms with Gasteiger partial charge < -0.3 is 23.7 Å². The van der Waals surface area contributed by atoms with Gasteiger partial charge in [0.15, 0.2) is 17.3 Å². The van der Waals surface area contributed by atoms with E-state index in [1.807, 2.05) is 48.5 Å². The molecule has 4 aromatic rings. The van der Waals surface area contributed by atoms with Crippen molar-refractivity contribution < 1.29 is 23.5 Å². The Bertz CT molecular complexity index is 1390. The van der Waals surface area contributed by atoms with Gasteiger partial charge in [-0.15, -0.1) is 0 Å². The lowest BCUT2D eigenvalue weighted by Gasteiger charge is -2.37. The smallest absolute Gasteiger partial charge is 0.267 e. The average molecular weight is 469 g/mol. The number of carbonyl (C=O) groups is 2. The first-order valence-corrected chi connectivity index (χ1v) is 11.6. The molecule has 2 amide bonds. The zero-order valence-corrected chi connectivity index (χ0v) is 18.9. The molecule has 0 spiro atoms. The van der Waals surface area contributed by atoms with Gasteiger partial charge in [0, 0.05) is 31.6 Å². The summed E-state index contributed by atoms with van der Waals surface area (Å²) in [5.41, 5.74) is 1.91. The monoisotopic (exact) mass is 469 g/mol. The van der Waals surface area contributed by atoms with Gasteiger partial charge in [-0.05, 0) is 36.4 Å². The number of rotatable bonds is 3. The predicted octanol–water partition coefficient (Wildman–Crippen LogP) is 3.62. The van der Waals surface area contributed by atoms with Crippen molar-refractivity contribution in [2.75, 3.05) is 32.8 Å². The van der Waals surface area contributed by atoms with Crippen molar-refractivity contribution in [1.29, 1.82) is 0 Å². The molecular weight excluding hydrogens is 446 g/mol. The SMILES string of the molecule is O=C(c1cc(-c2ccco2)nc2ccccc12)N1CCN(C(=O)[C@H]2COc3ccccc3O2)CC1. The Hall–Kier alpha value is -4.33. The highest BCUT2D eigenvalue weighted by atomic mass is 16.6. The quantitative estimate of drug-likeness (QED) is 0.456. The number of ether oxygens (including phenoxy) is 2. The van der Waals surface area contributed by atoms with Crippen LogP contribution in [0, 0.1) is 0 Å². The van der Waals surface area contributed by atoms with Crippen molar-refractivity contribution in [2.24, 2.45) is 0 Å².